The van der Waals surface area contributed by atoms with Gasteiger partial charge in [-0.3, -0.25) is 4.79 Å². The number of hydrogen-bond acceptors (Lipinski definition) is 4. The molecule has 1 saturated heterocycles. The van der Waals surface area contributed by atoms with E-state index in [9.17, 15) is 14.7 Å². The van der Waals surface area contributed by atoms with E-state index in [0.717, 1.165) is 43.2 Å². The van der Waals surface area contributed by atoms with Crippen LogP contribution >= 0.6 is 11.6 Å². The van der Waals surface area contributed by atoms with Crippen LogP contribution in [0.25, 0.3) is 0 Å². The number of urea groups is 1. The van der Waals surface area contributed by atoms with Crippen molar-refractivity contribution in [3.63, 3.8) is 0 Å². The topological polar surface area (TPSA) is 76.1 Å². The zero-order valence-corrected chi connectivity index (χ0v) is 27.5. The van der Waals surface area contributed by atoms with Gasteiger partial charge in [-0.1, -0.05) is 80.3 Å². The largest absolute Gasteiger partial charge is 0.385 e. The molecule has 3 atom stereocenters. The second-order valence-electron chi connectivity index (χ2n) is 13.7. The first-order valence-corrected chi connectivity index (χ1v) is 17.1. The maximum Gasteiger partial charge on any atom is 0.319 e. The van der Waals surface area contributed by atoms with Crippen molar-refractivity contribution < 1.29 is 14.7 Å². The summed E-state index contributed by atoms with van der Waals surface area (Å²) < 4.78 is 0. The molecule has 44 heavy (non-hydrogen) atoms. The monoisotopic (exact) mass is 622 g/mol. The standard InChI is InChI=1S/C36H51ClN4O3/c1-26-25-40(23-20-33(26)41(35(43)39(2)3)31-12-8-5-9-13-31)34(42)32(24-27-14-16-29(37)17-15-27)38-30-18-21-36(44,22-19-30)28-10-6-4-7-11-28/h4,6-7,10-11,14-17,26,30-33,38,44H,5,8-9,12-13,18-25H2,1-3H3/t26?,30?,32-,33?,36?/m1/s1. The van der Waals surface area contributed by atoms with Crippen molar-refractivity contribution in [1.82, 2.24) is 20.0 Å². The number of rotatable bonds is 8. The number of likely N-dealkylation sites (tertiary alicyclic amines) is 1. The van der Waals surface area contributed by atoms with Crippen LogP contribution in [0.1, 0.15) is 82.3 Å². The molecule has 3 amide bonds. The lowest BCUT2D eigenvalue weighted by molar-refractivity contribution is -0.136. The normalized spacial score (nSPS) is 27.0. The van der Waals surface area contributed by atoms with E-state index in [0.29, 0.717) is 37.4 Å². The van der Waals surface area contributed by atoms with Gasteiger partial charge in [0.15, 0.2) is 0 Å². The second kappa shape index (κ2) is 14.7. The van der Waals surface area contributed by atoms with Crippen molar-refractivity contribution in [2.45, 2.75) is 107 Å². The lowest BCUT2D eigenvalue weighted by Gasteiger charge is -2.48. The first-order chi connectivity index (χ1) is 21.1. The first-order valence-electron chi connectivity index (χ1n) is 16.7. The van der Waals surface area contributed by atoms with Crippen molar-refractivity contribution in [2.75, 3.05) is 27.2 Å². The minimum Gasteiger partial charge on any atom is -0.385 e. The Kier molecular flexibility index (Phi) is 10.9. The van der Waals surface area contributed by atoms with Crippen molar-refractivity contribution in [3.8, 4) is 0 Å². The van der Waals surface area contributed by atoms with Crippen LogP contribution < -0.4 is 5.32 Å². The van der Waals surface area contributed by atoms with Crippen LogP contribution in [-0.4, -0.2) is 83.1 Å². The van der Waals surface area contributed by atoms with Crippen LogP contribution in [0.2, 0.25) is 5.02 Å². The third-order valence-corrected chi connectivity index (χ3v) is 10.6. The summed E-state index contributed by atoms with van der Waals surface area (Å²) in [6, 6.07) is 18.0. The summed E-state index contributed by atoms with van der Waals surface area (Å²) in [5, 5.41) is 15.8. The molecule has 3 fully saturated rings. The van der Waals surface area contributed by atoms with Crippen LogP contribution in [0.3, 0.4) is 0 Å². The van der Waals surface area contributed by atoms with Gasteiger partial charge in [0.1, 0.15) is 0 Å². The molecule has 2 N–H and O–H groups in total. The number of aliphatic hydroxyl groups is 1. The van der Waals surface area contributed by atoms with Crippen LogP contribution in [0, 0.1) is 5.92 Å². The molecule has 240 valence electrons. The number of halogens is 1. The van der Waals surface area contributed by atoms with Crippen molar-refractivity contribution >= 4 is 23.5 Å². The third kappa shape index (κ3) is 7.78. The van der Waals surface area contributed by atoms with E-state index >= 15 is 0 Å². The Balaban J connectivity index is 1.27. The number of benzene rings is 2. The van der Waals surface area contributed by atoms with Crippen molar-refractivity contribution in [2.24, 2.45) is 5.92 Å². The lowest BCUT2D eigenvalue weighted by atomic mass is 9.77. The number of nitrogens with zero attached hydrogens (tertiary/aromatic N) is 3. The predicted octanol–water partition coefficient (Wildman–Crippen LogP) is 6.22. The maximum absolute atomic E-state index is 14.3. The number of amides is 3. The fraction of sp³-hybridized carbons (Fsp3) is 0.611. The van der Waals surface area contributed by atoms with Gasteiger partial charge in [-0.25, -0.2) is 4.79 Å². The van der Waals surface area contributed by atoms with Gasteiger partial charge < -0.3 is 25.1 Å². The number of hydrogen-bond donors (Lipinski definition) is 2. The summed E-state index contributed by atoms with van der Waals surface area (Å²) in [4.78, 5) is 33.6. The van der Waals surface area contributed by atoms with E-state index in [-0.39, 0.29) is 42.0 Å². The van der Waals surface area contributed by atoms with Gasteiger partial charge in [-0.2, -0.15) is 0 Å². The van der Waals surface area contributed by atoms with E-state index in [1.54, 1.807) is 4.90 Å². The zero-order valence-electron chi connectivity index (χ0n) is 26.8. The van der Waals surface area contributed by atoms with Gasteiger partial charge >= 0.3 is 6.03 Å². The fourth-order valence-electron chi connectivity index (χ4n) is 7.78. The molecular weight excluding hydrogens is 572 g/mol. The fourth-order valence-corrected chi connectivity index (χ4v) is 7.91. The highest BCUT2D eigenvalue weighted by atomic mass is 35.5. The minimum atomic E-state index is -0.819. The van der Waals surface area contributed by atoms with Crippen LogP contribution in [0.4, 0.5) is 4.79 Å². The zero-order chi connectivity index (χ0) is 31.3. The predicted molar refractivity (Wildman–Crippen MR) is 177 cm³/mol. The Morgan fingerprint density at radius 1 is 0.977 bits per heavy atom. The summed E-state index contributed by atoms with van der Waals surface area (Å²) in [5.41, 5.74) is 1.22. The van der Waals surface area contributed by atoms with Gasteiger partial charge in [0.2, 0.25) is 5.91 Å². The van der Waals surface area contributed by atoms with Gasteiger partial charge in [-0.05, 0) is 80.5 Å². The third-order valence-electron chi connectivity index (χ3n) is 10.3. The maximum atomic E-state index is 14.3. The summed E-state index contributed by atoms with van der Waals surface area (Å²) >= 11 is 6.17. The Hall–Kier alpha value is -2.61. The summed E-state index contributed by atoms with van der Waals surface area (Å²) in [7, 11) is 3.70. The molecular formula is C36H51ClN4O3. The van der Waals surface area contributed by atoms with E-state index < -0.39 is 5.60 Å². The van der Waals surface area contributed by atoms with E-state index in [4.69, 9.17) is 11.6 Å². The number of carbonyl (C=O) groups is 2. The molecule has 5 rings (SSSR count). The van der Waals surface area contributed by atoms with E-state index in [1.807, 2.05) is 73.6 Å². The number of carbonyl (C=O) groups excluding carboxylic acids is 2. The summed E-state index contributed by atoms with van der Waals surface area (Å²) in [5.74, 6) is 0.308. The van der Waals surface area contributed by atoms with Crippen LogP contribution in [0.15, 0.2) is 54.6 Å². The van der Waals surface area contributed by atoms with Gasteiger partial charge in [0, 0.05) is 50.3 Å². The SMILES string of the molecule is CC1CN(C(=O)[C@@H](Cc2ccc(Cl)cc2)NC2CCC(O)(c3ccccc3)CC2)CCC1N(C(=O)N(C)C)C1CCCCC1. The Bertz CT molecular complexity index is 1230. The average molecular weight is 623 g/mol. The van der Waals surface area contributed by atoms with Gasteiger partial charge in [-0.15, -0.1) is 0 Å². The minimum absolute atomic E-state index is 0.101. The molecule has 2 aliphatic carbocycles. The highest BCUT2D eigenvalue weighted by Gasteiger charge is 2.41. The number of nitrogens with one attached hydrogen (secondary N) is 1. The molecule has 3 aliphatic rings. The molecule has 1 heterocycles. The number of piperidine rings is 1. The summed E-state index contributed by atoms with van der Waals surface area (Å²) in [6.07, 6.45) is 10.0. The van der Waals surface area contributed by atoms with E-state index in [1.165, 1.54) is 19.3 Å². The molecule has 0 bridgehead atoms. The van der Waals surface area contributed by atoms with Crippen LogP contribution in [-0.2, 0) is 16.8 Å². The average Bonchev–Trinajstić information content (AvgIpc) is 3.04. The van der Waals surface area contributed by atoms with Gasteiger partial charge in [0.25, 0.3) is 0 Å². The Labute approximate surface area is 268 Å². The van der Waals surface area contributed by atoms with Crippen molar-refractivity contribution in [1.29, 1.82) is 0 Å². The molecule has 2 aromatic carbocycles. The highest BCUT2D eigenvalue weighted by Crippen LogP contribution is 2.37. The smallest absolute Gasteiger partial charge is 0.319 e. The Morgan fingerprint density at radius 3 is 2.25 bits per heavy atom. The molecule has 8 heteroatoms. The molecule has 1 aliphatic heterocycles. The van der Waals surface area contributed by atoms with Crippen molar-refractivity contribution in [3.05, 3.63) is 70.7 Å². The quantitative estimate of drug-likeness (QED) is 0.366. The van der Waals surface area contributed by atoms with E-state index in [2.05, 4.69) is 17.1 Å². The molecule has 2 aromatic rings. The molecule has 0 aromatic heterocycles. The second-order valence-corrected chi connectivity index (χ2v) is 14.2. The highest BCUT2D eigenvalue weighted by molar-refractivity contribution is 6.30. The van der Waals surface area contributed by atoms with Crippen LogP contribution in [0.5, 0.6) is 0 Å². The van der Waals surface area contributed by atoms with Gasteiger partial charge in [0.05, 0.1) is 11.6 Å². The lowest BCUT2D eigenvalue weighted by Crippen LogP contribution is -2.60. The summed E-state index contributed by atoms with van der Waals surface area (Å²) in [6.45, 7) is 3.50. The Morgan fingerprint density at radius 2 is 1.64 bits per heavy atom. The molecule has 7 nitrogen and oxygen atoms in total. The molecule has 0 radical (unpaired) electrons. The molecule has 0 spiro atoms. The first kappa shape index (κ1) is 32.8. The molecule has 2 saturated carbocycles. The molecule has 2 unspecified atom stereocenters.